The summed E-state index contributed by atoms with van der Waals surface area (Å²) in [4.78, 5) is 2.49. The molecule has 212 valence electrons. The van der Waals surface area contributed by atoms with Gasteiger partial charge in [0.25, 0.3) is 0 Å². The normalized spacial score (nSPS) is 21.7. The molecule has 0 fully saturated rings. The summed E-state index contributed by atoms with van der Waals surface area (Å²) >= 11 is 7.13. The van der Waals surface area contributed by atoms with Crippen LogP contribution in [-0.4, -0.2) is 22.4 Å². The molecule has 2 aliphatic heterocycles. The molecule has 2 aromatic rings. The lowest BCUT2D eigenvalue weighted by Gasteiger charge is -2.30. The van der Waals surface area contributed by atoms with Gasteiger partial charge in [0.15, 0.2) is 11.8 Å². The molecule has 0 amide bonds. The van der Waals surface area contributed by atoms with E-state index < -0.39 is 0 Å². The number of hydrogen-bond donors (Lipinski definition) is 0. The van der Waals surface area contributed by atoms with Crippen molar-refractivity contribution in [1.29, 1.82) is 0 Å². The van der Waals surface area contributed by atoms with Crippen molar-refractivity contribution >= 4 is 28.7 Å². The molecule has 0 saturated carbocycles. The van der Waals surface area contributed by atoms with Crippen LogP contribution in [0, 0.1) is 0 Å². The Morgan fingerprint density at radius 1 is 0.825 bits per heavy atom. The molecule has 0 aromatic heterocycles. The summed E-state index contributed by atoms with van der Waals surface area (Å²) in [6, 6.07) is 18.4. The highest BCUT2D eigenvalue weighted by Crippen LogP contribution is 2.49. The first-order valence-corrected chi connectivity index (χ1v) is 15.0. The molecule has 0 spiro atoms. The maximum atomic E-state index is 7.13. The Labute approximate surface area is 264 Å². The fourth-order valence-corrected chi connectivity index (χ4v) is 7.13. The smallest absolute Gasteiger partial charge is 0.209 e. The van der Waals surface area contributed by atoms with Crippen LogP contribution in [0.25, 0.3) is 0 Å². The Hall–Kier alpha value is -2.11. The fourth-order valence-electron chi connectivity index (χ4n) is 6.82. The molecule has 2 aromatic carbocycles. The van der Waals surface area contributed by atoms with Crippen LogP contribution in [0.3, 0.4) is 0 Å². The van der Waals surface area contributed by atoms with Gasteiger partial charge in [0.2, 0.25) is 5.69 Å². The molecule has 0 N–H and O–H groups in total. The van der Waals surface area contributed by atoms with E-state index in [9.17, 15) is 0 Å². The van der Waals surface area contributed by atoms with Crippen LogP contribution in [0.15, 0.2) is 94.7 Å². The zero-order chi connectivity index (χ0) is 28.1. The van der Waals surface area contributed by atoms with Gasteiger partial charge >= 0.3 is 0 Å². The second kappa shape index (κ2) is 11.6. The molecule has 2 nitrogen and oxygen atoms in total. The van der Waals surface area contributed by atoms with Gasteiger partial charge in [-0.2, -0.15) is 4.58 Å². The third kappa shape index (κ3) is 5.17. The molecule has 3 aliphatic rings. The van der Waals surface area contributed by atoms with Crippen LogP contribution < -0.4 is 28.9 Å². The van der Waals surface area contributed by atoms with Crippen LogP contribution in [-0.2, 0) is 10.8 Å². The fraction of sp³-hybridized carbons (Fsp3) is 0.417. The molecule has 0 radical (unpaired) electrons. The van der Waals surface area contributed by atoms with Crippen molar-refractivity contribution in [3.63, 3.8) is 0 Å². The summed E-state index contributed by atoms with van der Waals surface area (Å²) in [6.45, 7) is 18.4. The Balaban J connectivity index is 0.00000370. The SMILES string of the molecule is CC(C)N1C(=CC=C2CCCC(C=CC3=[N+](C(C)C)c4ccccc4C3(C)C)=C2Cl)C(C)(C)c2ccccc21.[I-]. The molecule has 2 heterocycles. The van der Waals surface area contributed by atoms with Crippen molar-refractivity contribution in [2.45, 2.75) is 97.6 Å². The number of fused-ring (bicyclic) bond motifs is 2. The first-order valence-electron chi connectivity index (χ1n) is 14.6. The van der Waals surface area contributed by atoms with E-state index in [-0.39, 0.29) is 34.8 Å². The van der Waals surface area contributed by atoms with Gasteiger partial charge in [-0.1, -0.05) is 74.0 Å². The number of halogens is 2. The van der Waals surface area contributed by atoms with Crippen molar-refractivity contribution in [1.82, 2.24) is 0 Å². The average molecular weight is 667 g/mol. The second-order valence-corrected chi connectivity index (χ2v) is 13.2. The average Bonchev–Trinajstić information content (AvgIpc) is 3.26. The molecule has 1 aliphatic carbocycles. The second-order valence-electron chi connectivity index (χ2n) is 12.9. The highest BCUT2D eigenvalue weighted by molar-refractivity contribution is 6.32. The first-order chi connectivity index (χ1) is 18.5. The first kappa shape index (κ1) is 30.8. The maximum absolute atomic E-state index is 7.13. The number of hydrogen-bond acceptors (Lipinski definition) is 1. The van der Waals surface area contributed by atoms with E-state index in [0.29, 0.717) is 12.1 Å². The van der Waals surface area contributed by atoms with Crippen molar-refractivity contribution in [3.05, 3.63) is 106 Å². The topological polar surface area (TPSA) is 6.25 Å². The predicted molar refractivity (Wildman–Crippen MR) is 169 cm³/mol. The monoisotopic (exact) mass is 666 g/mol. The lowest BCUT2D eigenvalue weighted by molar-refractivity contribution is -0.472. The van der Waals surface area contributed by atoms with Crippen molar-refractivity contribution < 1.29 is 28.6 Å². The van der Waals surface area contributed by atoms with Crippen LogP contribution in [0.5, 0.6) is 0 Å². The zero-order valence-corrected chi connectivity index (χ0v) is 28.3. The summed E-state index contributed by atoms with van der Waals surface area (Å²) in [7, 11) is 0. The number of rotatable bonds is 5. The molecular formula is C36H44ClIN2. The zero-order valence-electron chi connectivity index (χ0n) is 25.4. The minimum absolute atomic E-state index is 0. The maximum Gasteiger partial charge on any atom is 0.209 e. The summed E-state index contributed by atoms with van der Waals surface area (Å²) in [5.74, 6) is 0. The quantitative estimate of drug-likeness (QED) is 0.254. The largest absolute Gasteiger partial charge is 1.00 e. The number of benzene rings is 2. The van der Waals surface area contributed by atoms with E-state index in [1.54, 1.807) is 0 Å². The molecule has 0 unspecified atom stereocenters. The Morgan fingerprint density at radius 2 is 1.48 bits per heavy atom. The minimum atomic E-state index is -0.0501. The van der Waals surface area contributed by atoms with Gasteiger partial charge in [-0.3, -0.25) is 0 Å². The van der Waals surface area contributed by atoms with Crippen molar-refractivity contribution in [2.75, 3.05) is 4.90 Å². The Kier molecular flexibility index (Phi) is 8.98. The minimum Gasteiger partial charge on any atom is -1.00 e. The summed E-state index contributed by atoms with van der Waals surface area (Å²) in [5.41, 5.74) is 10.5. The van der Waals surface area contributed by atoms with Crippen molar-refractivity contribution in [2.24, 2.45) is 0 Å². The molecule has 5 rings (SSSR count). The van der Waals surface area contributed by atoms with Gasteiger partial charge in [0, 0.05) is 45.6 Å². The molecule has 40 heavy (non-hydrogen) atoms. The number of allylic oxidation sites excluding steroid dienone is 8. The van der Waals surface area contributed by atoms with Crippen LogP contribution >= 0.6 is 11.6 Å². The third-order valence-corrected chi connectivity index (χ3v) is 9.33. The van der Waals surface area contributed by atoms with Gasteiger partial charge in [-0.15, -0.1) is 0 Å². The highest BCUT2D eigenvalue weighted by Gasteiger charge is 2.45. The molecule has 4 heteroatoms. The van der Waals surface area contributed by atoms with Gasteiger partial charge in [0.05, 0.1) is 5.41 Å². The van der Waals surface area contributed by atoms with Crippen LogP contribution in [0.1, 0.15) is 85.8 Å². The standard InChI is InChI=1S/C36H44ClN2.HI/c1-24(2)38-30-18-11-9-16-28(30)35(5,6)32(38)22-20-26-14-13-15-27(34(26)37)21-23-33-36(7,8)29-17-10-12-19-31(29)39(33)25(3)4;/h9-12,16-25H,13-15H2,1-8H3;1H/q+1;/p-1. The number of anilines is 1. The van der Waals surface area contributed by atoms with Gasteiger partial charge < -0.3 is 28.9 Å². The Bertz CT molecular complexity index is 1450. The van der Waals surface area contributed by atoms with E-state index in [0.717, 1.165) is 24.3 Å². The van der Waals surface area contributed by atoms with Gasteiger partial charge in [-0.25, -0.2) is 0 Å². The third-order valence-electron chi connectivity index (χ3n) is 8.85. The Morgan fingerprint density at radius 3 is 2.15 bits per heavy atom. The summed E-state index contributed by atoms with van der Waals surface area (Å²) < 4.78 is 2.49. The van der Waals surface area contributed by atoms with E-state index >= 15 is 0 Å². The predicted octanol–water partition coefficient (Wildman–Crippen LogP) is 6.72. The van der Waals surface area contributed by atoms with E-state index in [4.69, 9.17) is 11.6 Å². The molecular weight excluding hydrogens is 623 g/mol. The summed E-state index contributed by atoms with van der Waals surface area (Å²) in [6.07, 6.45) is 12.4. The van der Waals surface area contributed by atoms with E-state index in [1.165, 1.54) is 45.1 Å². The molecule has 0 atom stereocenters. The van der Waals surface area contributed by atoms with Crippen LogP contribution in [0.2, 0.25) is 0 Å². The number of para-hydroxylation sites is 2. The number of nitrogens with zero attached hydrogens (tertiary/aromatic N) is 2. The highest BCUT2D eigenvalue weighted by atomic mass is 127. The molecule has 0 saturated heterocycles. The lowest BCUT2D eigenvalue weighted by Crippen LogP contribution is -3.00. The van der Waals surface area contributed by atoms with Crippen molar-refractivity contribution in [3.8, 4) is 0 Å². The van der Waals surface area contributed by atoms with Gasteiger partial charge in [0.1, 0.15) is 0 Å². The lowest BCUT2D eigenvalue weighted by atomic mass is 9.81. The summed E-state index contributed by atoms with van der Waals surface area (Å²) in [5, 5.41) is 0.920. The van der Waals surface area contributed by atoms with E-state index in [1.807, 2.05) is 0 Å². The van der Waals surface area contributed by atoms with Crippen LogP contribution in [0.4, 0.5) is 11.4 Å². The van der Waals surface area contributed by atoms with Gasteiger partial charge in [-0.05, 0) is 89.7 Å². The van der Waals surface area contributed by atoms with E-state index in [2.05, 4.69) is 138 Å². The molecule has 0 bridgehead atoms.